The molecule has 0 spiro atoms. The zero-order valence-corrected chi connectivity index (χ0v) is 18.9. The Bertz CT molecular complexity index is 615. The number of unbranched alkanes of at least 4 members (excludes halogenated alkanes) is 1. The second-order valence-corrected chi connectivity index (χ2v) is 12.9. The third-order valence-electron chi connectivity index (χ3n) is 5.61. The first-order valence-corrected chi connectivity index (χ1v) is 12.2. The van der Waals surface area contributed by atoms with E-state index in [1.807, 2.05) is 7.11 Å². The van der Waals surface area contributed by atoms with Crippen molar-refractivity contribution in [3.63, 3.8) is 0 Å². The van der Waals surface area contributed by atoms with Crippen LogP contribution in [0.25, 0.3) is 6.08 Å². The zero-order valence-electron chi connectivity index (χ0n) is 17.9. The van der Waals surface area contributed by atoms with Crippen molar-refractivity contribution < 1.29 is 8.85 Å². The van der Waals surface area contributed by atoms with Crippen LogP contribution < -0.4 is 0 Å². The Kier molecular flexibility index (Phi) is 6.92. The molecule has 0 amide bonds. The maximum atomic E-state index is 6.77. The van der Waals surface area contributed by atoms with E-state index < -0.39 is 8.56 Å². The molecular weight excluding hydrogens is 336 g/mol. The second kappa shape index (κ2) is 8.41. The molecule has 1 aromatic carbocycles. The number of fused-ring (bicyclic) bond motifs is 1. The van der Waals surface area contributed by atoms with Gasteiger partial charge in [-0.3, -0.25) is 0 Å². The van der Waals surface area contributed by atoms with Crippen molar-refractivity contribution in [1.82, 2.24) is 0 Å². The van der Waals surface area contributed by atoms with Crippen molar-refractivity contribution in [2.75, 3.05) is 13.7 Å². The molecule has 0 N–H and O–H groups in total. The first-order valence-electron chi connectivity index (χ1n) is 10.1. The van der Waals surface area contributed by atoms with Crippen LogP contribution in [0.2, 0.25) is 6.04 Å². The Balaban J connectivity index is 2.43. The SMILES string of the molecule is CCCC[Si](OC)(OCCC(C)(C)C)C1c2ccccc2C=CC1(C)C. The van der Waals surface area contributed by atoms with Crippen LogP contribution in [0.4, 0.5) is 0 Å². The normalized spacial score (nSPS) is 21.3. The lowest BCUT2D eigenvalue weighted by molar-refractivity contribution is 0.148. The van der Waals surface area contributed by atoms with E-state index in [9.17, 15) is 0 Å². The summed E-state index contributed by atoms with van der Waals surface area (Å²) in [6, 6.07) is 9.84. The van der Waals surface area contributed by atoms with Crippen LogP contribution in [-0.4, -0.2) is 22.3 Å². The summed E-state index contributed by atoms with van der Waals surface area (Å²) in [6.07, 6.45) is 8.02. The minimum absolute atomic E-state index is 0.0338. The fourth-order valence-corrected chi connectivity index (χ4v) is 8.48. The molecule has 0 aromatic heterocycles. The summed E-state index contributed by atoms with van der Waals surface area (Å²) in [4.78, 5) is 0. The van der Waals surface area contributed by atoms with E-state index in [4.69, 9.17) is 8.85 Å². The fourth-order valence-electron chi connectivity index (χ4n) is 4.06. The molecule has 3 heteroatoms. The van der Waals surface area contributed by atoms with Crippen LogP contribution in [0.3, 0.4) is 0 Å². The predicted molar refractivity (Wildman–Crippen MR) is 115 cm³/mol. The average molecular weight is 375 g/mol. The Hall–Kier alpha value is -0.903. The molecule has 2 atom stereocenters. The van der Waals surface area contributed by atoms with E-state index >= 15 is 0 Å². The Morgan fingerprint density at radius 1 is 1.15 bits per heavy atom. The molecule has 0 radical (unpaired) electrons. The largest absolute Gasteiger partial charge is 0.397 e. The molecule has 0 saturated carbocycles. The zero-order chi connectivity index (χ0) is 19.4. The molecule has 146 valence electrons. The number of benzene rings is 1. The Labute approximate surface area is 162 Å². The highest BCUT2D eigenvalue weighted by atomic mass is 28.4. The van der Waals surface area contributed by atoms with Gasteiger partial charge in [-0.05, 0) is 34.4 Å². The highest BCUT2D eigenvalue weighted by Gasteiger charge is 2.53. The lowest BCUT2D eigenvalue weighted by atomic mass is 9.79. The topological polar surface area (TPSA) is 18.5 Å². The first-order chi connectivity index (χ1) is 12.2. The van der Waals surface area contributed by atoms with Crippen molar-refractivity contribution in [3.8, 4) is 0 Å². The Morgan fingerprint density at radius 2 is 1.85 bits per heavy atom. The van der Waals surface area contributed by atoms with E-state index in [0.29, 0.717) is 5.54 Å². The molecule has 1 aliphatic rings. The summed E-state index contributed by atoms with van der Waals surface area (Å²) in [7, 11) is -0.542. The minimum atomic E-state index is -2.43. The highest BCUT2D eigenvalue weighted by molar-refractivity contribution is 6.69. The van der Waals surface area contributed by atoms with Crippen molar-refractivity contribution >= 4 is 14.6 Å². The number of rotatable bonds is 8. The molecule has 1 aliphatic carbocycles. The van der Waals surface area contributed by atoms with E-state index in [2.05, 4.69) is 78.0 Å². The minimum Gasteiger partial charge on any atom is -0.397 e. The summed E-state index contributed by atoms with van der Waals surface area (Å²) in [6.45, 7) is 14.5. The van der Waals surface area contributed by atoms with Crippen LogP contribution >= 0.6 is 0 Å². The molecule has 2 rings (SSSR count). The van der Waals surface area contributed by atoms with Crippen LogP contribution in [0.5, 0.6) is 0 Å². The van der Waals surface area contributed by atoms with Gasteiger partial charge in [0.25, 0.3) is 0 Å². The van der Waals surface area contributed by atoms with Crippen molar-refractivity contribution in [1.29, 1.82) is 0 Å². The fraction of sp³-hybridized carbons (Fsp3) is 0.652. The molecule has 2 nitrogen and oxygen atoms in total. The first kappa shape index (κ1) is 21.4. The smallest absolute Gasteiger partial charge is 0.346 e. The van der Waals surface area contributed by atoms with Gasteiger partial charge in [0.15, 0.2) is 0 Å². The standard InChI is InChI=1S/C23H38O2Si/c1-8-9-18-26(24-7,25-17-16-22(2,3)4)21-20-13-11-10-12-19(20)14-15-23(21,5)6/h10-15,21H,8-9,16-18H2,1-7H3. The molecule has 0 bridgehead atoms. The van der Waals surface area contributed by atoms with E-state index in [0.717, 1.165) is 25.5 Å². The van der Waals surface area contributed by atoms with Crippen LogP contribution in [-0.2, 0) is 8.85 Å². The quantitative estimate of drug-likeness (QED) is 0.471. The molecule has 0 heterocycles. The second-order valence-electron chi connectivity index (χ2n) is 9.50. The summed E-state index contributed by atoms with van der Waals surface area (Å²) in [5.41, 5.74) is 3.35. The van der Waals surface area contributed by atoms with Crippen LogP contribution in [0, 0.1) is 10.8 Å². The molecular formula is C23H38O2Si. The summed E-state index contributed by atoms with van der Waals surface area (Å²) < 4.78 is 13.1. The van der Waals surface area contributed by atoms with Gasteiger partial charge < -0.3 is 8.85 Å². The van der Waals surface area contributed by atoms with Gasteiger partial charge in [-0.15, -0.1) is 0 Å². The van der Waals surface area contributed by atoms with Gasteiger partial charge >= 0.3 is 8.56 Å². The molecule has 0 aliphatic heterocycles. The van der Waals surface area contributed by atoms with Gasteiger partial charge in [0.05, 0.1) is 0 Å². The highest BCUT2D eigenvalue weighted by Crippen LogP contribution is 2.50. The van der Waals surface area contributed by atoms with Gasteiger partial charge in [-0.25, -0.2) is 0 Å². The number of allylic oxidation sites excluding steroid dienone is 1. The summed E-state index contributed by atoms with van der Waals surface area (Å²) in [5, 5.41) is 0. The van der Waals surface area contributed by atoms with E-state index in [-0.39, 0.29) is 10.8 Å². The lowest BCUT2D eigenvalue weighted by Gasteiger charge is -2.46. The summed E-state index contributed by atoms with van der Waals surface area (Å²) >= 11 is 0. The Morgan fingerprint density at radius 3 is 2.46 bits per heavy atom. The molecule has 1 aromatic rings. The number of hydrogen-bond acceptors (Lipinski definition) is 2. The van der Waals surface area contributed by atoms with Gasteiger partial charge in [-0.1, -0.05) is 90.8 Å². The van der Waals surface area contributed by atoms with Crippen molar-refractivity contribution in [2.24, 2.45) is 10.8 Å². The van der Waals surface area contributed by atoms with Crippen LogP contribution in [0.1, 0.15) is 77.5 Å². The van der Waals surface area contributed by atoms with Gasteiger partial charge in [0, 0.05) is 19.3 Å². The molecule has 26 heavy (non-hydrogen) atoms. The van der Waals surface area contributed by atoms with Crippen molar-refractivity contribution in [3.05, 3.63) is 41.5 Å². The van der Waals surface area contributed by atoms with Gasteiger partial charge in [0.2, 0.25) is 0 Å². The average Bonchev–Trinajstić information content (AvgIpc) is 2.57. The third-order valence-corrected chi connectivity index (χ3v) is 9.98. The van der Waals surface area contributed by atoms with Crippen LogP contribution in [0.15, 0.2) is 30.3 Å². The van der Waals surface area contributed by atoms with Crippen molar-refractivity contribution in [2.45, 2.75) is 72.4 Å². The molecule has 0 saturated heterocycles. The third kappa shape index (κ3) is 4.88. The van der Waals surface area contributed by atoms with E-state index in [1.165, 1.54) is 17.5 Å². The number of hydrogen-bond donors (Lipinski definition) is 0. The molecule has 0 fully saturated rings. The predicted octanol–water partition coefficient (Wildman–Crippen LogP) is 6.70. The van der Waals surface area contributed by atoms with Gasteiger partial charge in [-0.2, -0.15) is 0 Å². The maximum Gasteiger partial charge on any atom is 0.346 e. The van der Waals surface area contributed by atoms with Gasteiger partial charge in [0.1, 0.15) is 0 Å². The van der Waals surface area contributed by atoms with E-state index in [1.54, 1.807) is 0 Å². The maximum absolute atomic E-state index is 6.77. The monoisotopic (exact) mass is 374 g/mol. The lowest BCUT2D eigenvalue weighted by Crippen LogP contribution is -2.53. The summed E-state index contributed by atoms with van der Waals surface area (Å²) in [5.74, 6) is 0. The molecule has 2 unspecified atom stereocenters.